The summed E-state index contributed by atoms with van der Waals surface area (Å²) >= 11 is 0. The van der Waals surface area contributed by atoms with E-state index < -0.39 is 23.3 Å². The number of halogens is 2. The van der Waals surface area contributed by atoms with Crippen molar-refractivity contribution in [2.45, 2.75) is 6.92 Å². The zero-order valence-electron chi connectivity index (χ0n) is 9.95. The lowest BCUT2D eigenvalue weighted by molar-refractivity contribution is 0.416. The summed E-state index contributed by atoms with van der Waals surface area (Å²) in [5, 5.41) is 8.79. The molecule has 0 fully saturated rings. The highest BCUT2D eigenvalue weighted by Gasteiger charge is 2.13. The summed E-state index contributed by atoms with van der Waals surface area (Å²) in [7, 11) is 0. The standard InChI is InChI=1S/C13H9F2N3O/c1-7-2-3-8(6-16)4-11(7)19-13-10(15)5-9(14)12(17)18-13/h2-5H,1H3,(H2,17,18). The molecule has 1 aromatic heterocycles. The Morgan fingerprint density at radius 2 is 2.00 bits per heavy atom. The maximum absolute atomic E-state index is 13.5. The number of nitriles is 1. The number of benzene rings is 1. The van der Waals surface area contributed by atoms with E-state index in [4.69, 9.17) is 15.7 Å². The van der Waals surface area contributed by atoms with Gasteiger partial charge in [-0.05, 0) is 24.6 Å². The number of hydrogen-bond acceptors (Lipinski definition) is 4. The first-order valence-electron chi connectivity index (χ1n) is 5.31. The largest absolute Gasteiger partial charge is 0.436 e. The van der Waals surface area contributed by atoms with Crippen molar-refractivity contribution in [3.63, 3.8) is 0 Å². The summed E-state index contributed by atoms with van der Waals surface area (Å²) in [5.41, 5.74) is 6.29. The van der Waals surface area contributed by atoms with E-state index in [2.05, 4.69) is 4.98 Å². The third kappa shape index (κ3) is 2.60. The molecule has 2 rings (SSSR count). The van der Waals surface area contributed by atoms with Crippen LogP contribution in [0.25, 0.3) is 0 Å². The molecule has 0 saturated heterocycles. The van der Waals surface area contributed by atoms with E-state index in [1.165, 1.54) is 6.07 Å². The van der Waals surface area contributed by atoms with E-state index in [9.17, 15) is 8.78 Å². The fraction of sp³-hybridized carbons (Fsp3) is 0.0769. The van der Waals surface area contributed by atoms with Gasteiger partial charge in [-0.2, -0.15) is 10.2 Å². The van der Waals surface area contributed by atoms with Gasteiger partial charge < -0.3 is 10.5 Å². The van der Waals surface area contributed by atoms with Crippen LogP contribution in [-0.2, 0) is 0 Å². The molecule has 0 unspecified atom stereocenters. The van der Waals surface area contributed by atoms with E-state index in [0.717, 1.165) is 0 Å². The molecule has 4 nitrogen and oxygen atoms in total. The third-order valence-electron chi connectivity index (χ3n) is 2.45. The first-order valence-corrected chi connectivity index (χ1v) is 5.31. The number of hydrogen-bond donors (Lipinski definition) is 1. The molecule has 0 radical (unpaired) electrons. The number of ether oxygens (including phenoxy) is 1. The topological polar surface area (TPSA) is 71.9 Å². The SMILES string of the molecule is Cc1ccc(C#N)cc1Oc1nc(N)c(F)cc1F. The molecular formula is C13H9F2N3O. The smallest absolute Gasteiger partial charge is 0.258 e. The van der Waals surface area contributed by atoms with Gasteiger partial charge in [0.25, 0.3) is 5.88 Å². The lowest BCUT2D eigenvalue weighted by atomic mass is 10.1. The molecule has 0 aliphatic carbocycles. The van der Waals surface area contributed by atoms with E-state index in [0.29, 0.717) is 17.2 Å². The quantitative estimate of drug-likeness (QED) is 0.902. The summed E-state index contributed by atoms with van der Waals surface area (Å²) < 4.78 is 31.7. The predicted molar refractivity (Wildman–Crippen MR) is 64.5 cm³/mol. The summed E-state index contributed by atoms with van der Waals surface area (Å²) in [5.74, 6) is -2.54. The second-order valence-electron chi connectivity index (χ2n) is 3.84. The molecule has 2 N–H and O–H groups in total. The van der Waals surface area contributed by atoms with Crippen LogP contribution in [0, 0.1) is 29.9 Å². The number of nitrogens with zero attached hydrogens (tertiary/aromatic N) is 2. The number of aryl methyl sites for hydroxylation is 1. The molecule has 6 heteroatoms. The summed E-state index contributed by atoms with van der Waals surface area (Å²) in [6, 6.07) is 7.23. The van der Waals surface area contributed by atoms with Gasteiger partial charge in [0.2, 0.25) is 0 Å². The Labute approximate surface area is 108 Å². The Balaban J connectivity index is 2.42. The van der Waals surface area contributed by atoms with Crippen molar-refractivity contribution in [1.29, 1.82) is 5.26 Å². The number of aromatic nitrogens is 1. The fourth-order valence-electron chi connectivity index (χ4n) is 1.42. The Bertz CT molecular complexity index is 680. The van der Waals surface area contributed by atoms with Crippen molar-refractivity contribution in [2.24, 2.45) is 0 Å². The molecule has 1 heterocycles. The highest BCUT2D eigenvalue weighted by Crippen LogP contribution is 2.28. The van der Waals surface area contributed by atoms with Gasteiger partial charge in [-0.3, -0.25) is 0 Å². The third-order valence-corrected chi connectivity index (χ3v) is 2.45. The Morgan fingerprint density at radius 1 is 1.26 bits per heavy atom. The molecule has 0 aliphatic rings. The van der Waals surface area contributed by atoms with Crippen LogP contribution in [0.3, 0.4) is 0 Å². The van der Waals surface area contributed by atoms with E-state index in [1.807, 2.05) is 6.07 Å². The molecule has 0 amide bonds. The first kappa shape index (κ1) is 12.8. The number of anilines is 1. The second kappa shape index (κ2) is 4.90. The van der Waals surface area contributed by atoms with Crippen molar-refractivity contribution in [3.05, 3.63) is 47.0 Å². The van der Waals surface area contributed by atoms with Crippen molar-refractivity contribution >= 4 is 5.82 Å². The van der Waals surface area contributed by atoms with Crippen LogP contribution in [0.4, 0.5) is 14.6 Å². The Kier molecular flexibility index (Phi) is 3.29. The van der Waals surface area contributed by atoms with Crippen molar-refractivity contribution < 1.29 is 13.5 Å². The van der Waals surface area contributed by atoms with Crippen LogP contribution in [0.2, 0.25) is 0 Å². The average Bonchev–Trinajstić information content (AvgIpc) is 2.38. The average molecular weight is 261 g/mol. The summed E-state index contributed by atoms with van der Waals surface area (Å²) in [6.07, 6.45) is 0. The minimum atomic E-state index is -0.964. The summed E-state index contributed by atoms with van der Waals surface area (Å²) in [6.45, 7) is 1.72. The molecule has 0 saturated carbocycles. The maximum Gasteiger partial charge on any atom is 0.258 e. The van der Waals surface area contributed by atoms with Crippen LogP contribution in [0.15, 0.2) is 24.3 Å². The van der Waals surface area contributed by atoms with Gasteiger partial charge >= 0.3 is 0 Å². The fourth-order valence-corrected chi connectivity index (χ4v) is 1.42. The van der Waals surface area contributed by atoms with Gasteiger partial charge in [-0.15, -0.1) is 0 Å². The van der Waals surface area contributed by atoms with E-state index in [1.54, 1.807) is 19.1 Å². The Morgan fingerprint density at radius 3 is 2.68 bits per heavy atom. The Hall–Kier alpha value is -2.68. The highest BCUT2D eigenvalue weighted by atomic mass is 19.1. The molecular weight excluding hydrogens is 252 g/mol. The van der Waals surface area contributed by atoms with Crippen LogP contribution in [0.5, 0.6) is 11.6 Å². The van der Waals surface area contributed by atoms with Crippen molar-refractivity contribution in [1.82, 2.24) is 4.98 Å². The molecule has 0 atom stereocenters. The molecule has 0 bridgehead atoms. The van der Waals surface area contributed by atoms with Gasteiger partial charge in [0.15, 0.2) is 17.5 Å². The van der Waals surface area contributed by atoms with Gasteiger partial charge in [0, 0.05) is 6.07 Å². The van der Waals surface area contributed by atoms with Crippen molar-refractivity contribution in [2.75, 3.05) is 5.73 Å². The molecule has 0 aliphatic heterocycles. The highest BCUT2D eigenvalue weighted by molar-refractivity contribution is 5.44. The molecule has 96 valence electrons. The van der Waals surface area contributed by atoms with Gasteiger partial charge in [0.05, 0.1) is 11.6 Å². The second-order valence-corrected chi connectivity index (χ2v) is 3.84. The maximum atomic E-state index is 13.5. The number of rotatable bonds is 2. The van der Waals surface area contributed by atoms with Gasteiger partial charge in [0.1, 0.15) is 5.75 Å². The predicted octanol–water partition coefficient (Wildman–Crippen LogP) is 2.91. The molecule has 1 aromatic carbocycles. The zero-order valence-corrected chi connectivity index (χ0v) is 9.95. The molecule has 0 spiro atoms. The lowest BCUT2D eigenvalue weighted by Crippen LogP contribution is -2.01. The number of pyridine rings is 1. The summed E-state index contributed by atoms with van der Waals surface area (Å²) in [4.78, 5) is 3.49. The van der Waals surface area contributed by atoms with Crippen LogP contribution >= 0.6 is 0 Å². The minimum absolute atomic E-state index is 0.261. The number of nitrogens with two attached hydrogens (primary N) is 1. The van der Waals surface area contributed by atoms with Crippen LogP contribution in [-0.4, -0.2) is 4.98 Å². The van der Waals surface area contributed by atoms with Crippen LogP contribution < -0.4 is 10.5 Å². The lowest BCUT2D eigenvalue weighted by Gasteiger charge is -2.09. The number of nitrogen functional groups attached to an aromatic ring is 1. The van der Waals surface area contributed by atoms with Crippen molar-refractivity contribution in [3.8, 4) is 17.7 Å². The van der Waals surface area contributed by atoms with E-state index >= 15 is 0 Å². The molecule has 19 heavy (non-hydrogen) atoms. The van der Waals surface area contributed by atoms with Gasteiger partial charge in [-0.1, -0.05) is 6.07 Å². The normalized spacial score (nSPS) is 10.0. The van der Waals surface area contributed by atoms with Gasteiger partial charge in [-0.25, -0.2) is 8.78 Å². The molecule has 2 aromatic rings. The zero-order chi connectivity index (χ0) is 14.0. The van der Waals surface area contributed by atoms with E-state index in [-0.39, 0.29) is 5.75 Å². The first-order chi connectivity index (χ1) is 9.01. The van der Waals surface area contributed by atoms with Crippen LogP contribution in [0.1, 0.15) is 11.1 Å². The minimum Gasteiger partial charge on any atom is -0.436 e. The monoisotopic (exact) mass is 261 g/mol.